The molecular weight excluding hydrogens is 258 g/mol. The predicted molar refractivity (Wildman–Crippen MR) is 76.8 cm³/mol. The van der Waals surface area contributed by atoms with Gasteiger partial charge in [-0.3, -0.25) is 0 Å². The van der Waals surface area contributed by atoms with Crippen LogP contribution < -0.4 is 19.5 Å². The average Bonchev–Trinajstić information content (AvgIpc) is 2.91. The van der Waals surface area contributed by atoms with Crippen molar-refractivity contribution < 1.29 is 18.9 Å². The second-order valence-corrected chi connectivity index (χ2v) is 5.25. The van der Waals surface area contributed by atoms with Crippen LogP contribution in [0.3, 0.4) is 0 Å². The van der Waals surface area contributed by atoms with E-state index in [1.807, 2.05) is 12.1 Å². The highest BCUT2D eigenvalue weighted by Crippen LogP contribution is 2.38. The quantitative estimate of drug-likeness (QED) is 0.864. The molecule has 112 valence electrons. The van der Waals surface area contributed by atoms with Gasteiger partial charge in [-0.05, 0) is 31.0 Å². The first-order chi connectivity index (χ1) is 9.61. The highest BCUT2D eigenvalue weighted by molar-refractivity contribution is 5.53. The summed E-state index contributed by atoms with van der Waals surface area (Å²) in [6, 6.07) is 3.93. The molecule has 1 aliphatic rings. The maximum atomic E-state index is 5.44. The minimum Gasteiger partial charge on any atom is -0.493 e. The van der Waals surface area contributed by atoms with E-state index in [0.29, 0.717) is 17.2 Å². The van der Waals surface area contributed by atoms with Gasteiger partial charge in [-0.1, -0.05) is 0 Å². The van der Waals surface area contributed by atoms with E-state index in [1.165, 1.54) is 0 Å². The fraction of sp³-hybridized carbons (Fsp3) is 0.600. The number of ether oxygens (including phenoxy) is 4. The van der Waals surface area contributed by atoms with Crippen molar-refractivity contribution in [2.75, 3.05) is 34.5 Å². The molecule has 1 unspecified atom stereocenters. The molecule has 5 nitrogen and oxygen atoms in total. The van der Waals surface area contributed by atoms with E-state index in [9.17, 15) is 0 Å². The third-order valence-electron chi connectivity index (χ3n) is 3.66. The first-order valence-corrected chi connectivity index (χ1v) is 6.73. The van der Waals surface area contributed by atoms with E-state index >= 15 is 0 Å². The SMILES string of the molecule is COc1cc(CNC2(C)CCOC2)cc(OC)c1OC. The fourth-order valence-corrected chi connectivity index (χ4v) is 2.36. The van der Waals surface area contributed by atoms with Gasteiger partial charge in [0.1, 0.15) is 0 Å². The van der Waals surface area contributed by atoms with Crippen molar-refractivity contribution in [3.05, 3.63) is 17.7 Å². The summed E-state index contributed by atoms with van der Waals surface area (Å²) < 4.78 is 21.5. The smallest absolute Gasteiger partial charge is 0.203 e. The van der Waals surface area contributed by atoms with Crippen molar-refractivity contribution in [2.45, 2.75) is 25.4 Å². The summed E-state index contributed by atoms with van der Waals surface area (Å²) in [5.41, 5.74) is 1.13. The van der Waals surface area contributed by atoms with Crippen LogP contribution in [0.15, 0.2) is 12.1 Å². The third kappa shape index (κ3) is 3.16. The Kier molecular flexibility index (Phi) is 4.73. The van der Waals surface area contributed by atoms with E-state index in [2.05, 4.69) is 12.2 Å². The average molecular weight is 281 g/mol. The van der Waals surface area contributed by atoms with E-state index < -0.39 is 0 Å². The molecule has 0 spiro atoms. The molecule has 1 heterocycles. The molecule has 0 radical (unpaired) electrons. The molecule has 1 aromatic carbocycles. The van der Waals surface area contributed by atoms with Gasteiger partial charge in [0, 0.05) is 18.7 Å². The first kappa shape index (κ1) is 14.9. The molecule has 2 rings (SSSR count). The normalized spacial score (nSPS) is 21.8. The van der Waals surface area contributed by atoms with Crippen LogP contribution in [0.4, 0.5) is 0 Å². The van der Waals surface area contributed by atoms with Crippen LogP contribution >= 0.6 is 0 Å². The largest absolute Gasteiger partial charge is 0.493 e. The lowest BCUT2D eigenvalue weighted by Crippen LogP contribution is -2.42. The standard InChI is InChI=1S/C15H23NO4/c1-15(5-6-20-10-15)16-9-11-7-12(17-2)14(19-4)13(8-11)18-3/h7-8,16H,5-6,9-10H2,1-4H3. The van der Waals surface area contributed by atoms with Gasteiger partial charge in [-0.15, -0.1) is 0 Å². The second-order valence-electron chi connectivity index (χ2n) is 5.25. The third-order valence-corrected chi connectivity index (χ3v) is 3.66. The second kappa shape index (κ2) is 6.33. The lowest BCUT2D eigenvalue weighted by atomic mass is 10.0. The number of rotatable bonds is 6. The van der Waals surface area contributed by atoms with E-state index in [4.69, 9.17) is 18.9 Å². The van der Waals surface area contributed by atoms with Crippen LogP contribution in [0.5, 0.6) is 17.2 Å². The molecule has 0 amide bonds. The molecule has 1 aliphatic heterocycles. The van der Waals surface area contributed by atoms with Gasteiger partial charge in [0.15, 0.2) is 11.5 Å². The molecule has 0 saturated carbocycles. The highest BCUT2D eigenvalue weighted by atomic mass is 16.5. The van der Waals surface area contributed by atoms with Gasteiger partial charge in [-0.2, -0.15) is 0 Å². The molecule has 1 fully saturated rings. The maximum Gasteiger partial charge on any atom is 0.203 e. The molecule has 1 aromatic rings. The molecule has 0 bridgehead atoms. The van der Waals surface area contributed by atoms with Crippen LogP contribution in [-0.4, -0.2) is 40.1 Å². The minimum absolute atomic E-state index is 0.0421. The molecule has 0 aromatic heterocycles. The number of nitrogens with one attached hydrogen (secondary N) is 1. The van der Waals surface area contributed by atoms with Gasteiger partial charge in [0.05, 0.1) is 27.9 Å². The van der Waals surface area contributed by atoms with Crippen molar-refractivity contribution in [2.24, 2.45) is 0 Å². The Morgan fingerprint density at radius 1 is 1.15 bits per heavy atom. The van der Waals surface area contributed by atoms with Gasteiger partial charge in [0.25, 0.3) is 0 Å². The number of benzene rings is 1. The topological polar surface area (TPSA) is 49.0 Å². The number of hydrogen-bond donors (Lipinski definition) is 1. The van der Waals surface area contributed by atoms with Gasteiger partial charge in [-0.25, -0.2) is 0 Å². The fourth-order valence-electron chi connectivity index (χ4n) is 2.36. The summed E-state index contributed by atoms with van der Waals surface area (Å²) in [5, 5.41) is 3.54. The molecule has 1 atom stereocenters. The Hall–Kier alpha value is -1.46. The summed E-state index contributed by atoms with van der Waals surface area (Å²) in [5.74, 6) is 1.97. The zero-order chi connectivity index (χ0) is 14.6. The van der Waals surface area contributed by atoms with Crippen LogP contribution in [0, 0.1) is 0 Å². The Labute approximate surface area is 120 Å². The maximum absolute atomic E-state index is 5.44. The number of hydrogen-bond acceptors (Lipinski definition) is 5. The lowest BCUT2D eigenvalue weighted by Gasteiger charge is -2.24. The van der Waals surface area contributed by atoms with E-state index in [-0.39, 0.29) is 5.54 Å². The molecule has 0 aliphatic carbocycles. The molecule has 5 heteroatoms. The molecule has 1 N–H and O–H groups in total. The Morgan fingerprint density at radius 3 is 2.25 bits per heavy atom. The Morgan fingerprint density at radius 2 is 1.80 bits per heavy atom. The molecule has 1 saturated heterocycles. The van der Waals surface area contributed by atoms with Crippen LogP contribution in [0.25, 0.3) is 0 Å². The summed E-state index contributed by atoms with van der Waals surface area (Å²) in [4.78, 5) is 0. The first-order valence-electron chi connectivity index (χ1n) is 6.73. The van der Waals surface area contributed by atoms with E-state index in [1.54, 1.807) is 21.3 Å². The van der Waals surface area contributed by atoms with Crippen molar-refractivity contribution >= 4 is 0 Å². The number of methoxy groups -OCH3 is 3. The van der Waals surface area contributed by atoms with Gasteiger partial charge < -0.3 is 24.3 Å². The van der Waals surface area contributed by atoms with Crippen molar-refractivity contribution in [3.63, 3.8) is 0 Å². The Balaban J connectivity index is 2.15. The van der Waals surface area contributed by atoms with Crippen LogP contribution in [-0.2, 0) is 11.3 Å². The van der Waals surface area contributed by atoms with Crippen LogP contribution in [0.2, 0.25) is 0 Å². The monoisotopic (exact) mass is 281 g/mol. The zero-order valence-electron chi connectivity index (χ0n) is 12.6. The molecule has 20 heavy (non-hydrogen) atoms. The lowest BCUT2D eigenvalue weighted by molar-refractivity contribution is 0.171. The van der Waals surface area contributed by atoms with Crippen LogP contribution in [0.1, 0.15) is 18.9 Å². The van der Waals surface area contributed by atoms with Crippen molar-refractivity contribution in [1.82, 2.24) is 5.32 Å². The minimum atomic E-state index is 0.0421. The summed E-state index contributed by atoms with van der Waals surface area (Å²) in [6.07, 6.45) is 1.03. The van der Waals surface area contributed by atoms with Gasteiger partial charge in [0.2, 0.25) is 5.75 Å². The zero-order valence-corrected chi connectivity index (χ0v) is 12.6. The Bertz CT molecular complexity index is 430. The summed E-state index contributed by atoms with van der Waals surface area (Å²) in [6.45, 7) is 4.48. The summed E-state index contributed by atoms with van der Waals surface area (Å²) >= 11 is 0. The van der Waals surface area contributed by atoms with Crippen molar-refractivity contribution in [3.8, 4) is 17.2 Å². The highest BCUT2D eigenvalue weighted by Gasteiger charge is 2.28. The summed E-state index contributed by atoms with van der Waals surface area (Å²) in [7, 11) is 4.86. The predicted octanol–water partition coefficient (Wildman–Crippen LogP) is 1.98. The van der Waals surface area contributed by atoms with E-state index in [0.717, 1.165) is 31.7 Å². The van der Waals surface area contributed by atoms with Gasteiger partial charge >= 0.3 is 0 Å². The molecular formula is C15H23NO4. The van der Waals surface area contributed by atoms with Crippen molar-refractivity contribution in [1.29, 1.82) is 0 Å².